The largest absolute Gasteiger partial charge is 0.472 e. The Balaban J connectivity index is 3.68. The predicted octanol–water partition coefficient (Wildman–Crippen LogP) is 7.06. The fourth-order valence-electron chi connectivity index (χ4n) is 3.52. The monoisotopic (exact) mass is 512 g/mol. The molecule has 0 saturated heterocycles. The van der Waals surface area contributed by atoms with E-state index in [-0.39, 0.29) is 19.3 Å². The van der Waals surface area contributed by atoms with Gasteiger partial charge in [-0.3, -0.25) is 9.05 Å². The van der Waals surface area contributed by atoms with Crippen LogP contribution < -0.4 is 0 Å². The Labute approximate surface area is 209 Å². The fraction of sp³-hybridized carbons (Fsp3) is 1.00. The highest BCUT2D eigenvalue weighted by atomic mass is 32.2. The molecule has 0 saturated carbocycles. The van der Waals surface area contributed by atoms with E-state index in [1.807, 2.05) is 27.4 Å². The molecule has 2 unspecified atom stereocenters. The number of ether oxygens (including phenoxy) is 1. The van der Waals surface area contributed by atoms with Gasteiger partial charge in [0.1, 0.15) is 13.2 Å². The third kappa shape index (κ3) is 25.3. The average Bonchev–Trinajstić information content (AvgIpc) is 2.73. The van der Waals surface area contributed by atoms with Gasteiger partial charge in [0.2, 0.25) is 0 Å². The molecule has 0 heterocycles. The van der Waals surface area contributed by atoms with Gasteiger partial charge >= 0.3 is 7.82 Å². The molecule has 2 atom stereocenters. The number of quaternary nitrogens is 1. The summed E-state index contributed by atoms with van der Waals surface area (Å²) in [6.45, 7) is 3.85. The standard InChI is InChI=1S/C25H54NO5PS/c1-6-7-8-9-10-11-12-13-14-15-16-17-18-19-21-29-25(24-33-5)23-31-32(27,28)30-22-20-26(2,3)4/h25H,6-24H2,1-5H3/p+1. The van der Waals surface area contributed by atoms with Gasteiger partial charge < -0.3 is 14.1 Å². The lowest BCUT2D eigenvalue weighted by Gasteiger charge is -2.24. The molecule has 0 fully saturated rings. The third-order valence-corrected chi connectivity index (χ3v) is 7.33. The average molecular weight is 513 g/mol. The zero-order chi connectivity index (χ0) is 24.8. The van der Waals surface area contributed by atoms with E-state index in [0.29, 0.717) is 17.6 Å². The van der Waals surface area contributed by atoms with Crippen molar-refractivity contribution in [3.8, 4) is 0 Å². The number of nitrogens with zero attached hydrogens (tertiary/aromatic N) is 1. The molecule has 6 nitrogen and oxygen atoms in total. The molecule has 0 aliphatic carbocycles. The lowest BCUT2D eigenvalue weighted by molar-refractivity contribution is -0.870. The van der Waals surface area contributed by atoms with Gasteiger partial charge in [-0.05, 0) is 12.7 Å². The molecular weight excluding hydrogens is 457 g/mol. The van der Waals surface area contributed by atoms with Crippen LogP contribution in [-0.4, -0.2) is 75.0 Å². The van der Waals surface area contributed by atoms with Crippen molar-refractivity contribution >= 4 is 19.6 Å². The minimum Gasteiger partial charge on any atom is -0.375 e. The van der Waals surface area contributed by atoms with Gasteiger partial charge in [0, 0.05) is 12.4 Å². The Morgan fingerprint density at radius 3 is 1.73 bits per heavy atom. The minimum absolute atomic E-state index is 0.0809. The highest BCUT2D eigenvalue weighted by Gasteiger charge is 2.24. The first-order chi connectivity index (χ1) is 15.7. The molecule has 0 aliphatic rings. The molecule has 0 aromatic carbocycles. The van der Waals surface area contributed by atoms with Crippen molar-refractivity contribution in [1.29, 1.82) is 0 Å². The molecule has 33 heavy (non-hydrogen) atoms. The van der Waals surface area contributed by atoms with Gasteiger partial charge in [0.15, 0.2) is 0 Å². The second-order valence-corrected chi connectivity index (χ2v) is 12.5. The van der Waals surface area contributed by atoms with Crippen LogP contribution in [0.1, 0.15) is 96.8 Å². The van der Waals surface area contributed by atoms with Crippen LogP contribution in [0.3, 0.4) is 0 Å². The Bertz CT molecular complexity index is 476. The Morgan fingerprint density at radius 2 is 1.27 bits per heavy atom. The van der Waals surface area contributed by atoms with Crippen LogP contribution in [0, 0.1) is 0 Å². The maximum Gasteiger partial charge on any atom is 0.472 e. The molecule has 8 heteroatoms. The third-order valence-electron chi connectivity index (χ3n) is 5.64. The quantitative estimate of drug-likeness (QED) is 0.0803. The molecular formula is C25H55NO5PS+. The smallest absolute Gasteiger partial charge is 0.375 e. The Hall–Kier alpha value is 0.380. The number of hydrogen-bond acceptors (Lipinski definition) is 5. The van der Waals surface area contributed by atoms with Crippen molar-refractivity contribution in [3.63, 3.8) is 0 Å². The van der Waals surface area contributed by atoms with Gasteiger partial charge in [0.25, 0.3) is 0 Å². The van der Waals surface area contributed by atoms with Gasteiger partial charge in [-0.15, -0.1) is 0 Å². The highest BCUT2D eigenvalue weighted by Crippen LogP contribution is 2.43. The normalized spacial score (nSPS) is 15.0. The van der Waals surface area contributed by atoms with Crippen molar-refractivity contribution < 1.29 is 27.7 Å². The summed E-state index contributed by atoms with van der Waals surface area (Å²) >= 11 is 1.65. The molecule has 0 bridgehead atoms. The van der Waals surface area contributed by atoms with E-state index in [2.05, 4.69) is 6.92 Å². The zero-order valence-electron chi connectivity index (χ0n) is 22.4. The van der Waals surface area contributed by atoms with Gasteiger partial charge in [0.05, 0.1) is 33.9 Å². The molecule has 0 aromatic rings. The second kappa shape index (κ2) is 21.6. The number of phosphoric acid groups is 1. The second-order valence-electron chi connectivity index (χ2n) is 10.2. The zero-order valence-corrected chi connectivity index (χ0v) is 24.1. The Kier molecular flexibility index (Phi) is 21.9. The van der Waals surface area contributed by atoms with Crippen LogP contribution >= 0.6 is 19.6 Å². The van der Waals surface area contributed by atoms with E-state index in [9.17, 15) is 9.46 Å². The van der Waals surface area contributed by atoms with Crippen molar-refractivity contribution in [2.75, 3.05) is 59.5 Å². The first kappa shape index (κ1) is 33.4. The number of rotatable bonds is 25. The molecule has 0 amide bonds. The summed E-state index contributed by atoms with van der Waals surface area (Å²) in [6.07, 6.45) is 20.5. The summed E-state index contributed by atoms with van der Waals surface area (Å²) in [5, 5.41) is 0. The van der Waals surface area contributed by atoms with Gasteiger partial charge in [-0.25, -0.2) is 4.57 Å². The molecule has 0 aliphatic heterocycles. The van der Waals surface area contributed by atoms with E-state index < -0.39 is 7.82 Å². The summed E-state index contributed by atoms with van der Waals surface area (Å²) in [5.74, 6) is 0.734. The summed E-state index contributed by atoms with van der Waals surface area (Å²) in [5.41, 5.74) is 0. The van der Waals surface area contributed by atoms with Crippen LogP contribution in [0.2, 0.25) is 0 Å². The van der Waals surface area contributed by atoms with Crippen LogP contribution in [-0.2, 0) is 18.3 Å². The van der Waals surface area contributed by atoms with E-state index in [4.69, 9.17) is 13.8 Å². The van der Waals surface area contributed by atoms with E-state index in [0.717, 1.165) is 12.2 Å². The molecule has 0 radical (unpaired) electrons. The SMILES string of the molecule is CCCCCCCCCCCCCCCCOC(COP(=O)(O)OCC[N+](C)(C)C)CSC. The minimum atomic E-state index is -4.03. The van der Waals surface area contributed by atoms with Crippen molar-refractivity contribution in [2.45, 2.75) is 103 Å². The summed E-state index contributed by atoms with van der Waals surface area (Å²) in [4.78, 5) is 9.87. The van der Waals surface area contributed by atoms with E-state index >= 15 is 0 Å². The van der Waals surface area contributed by atoms with E-state index in [1.165, 1.54) is 83.5 Å². The van der Waals surface area contributed by atoms with Crippen molar-refractivity contribution in [2.24, 2.45) is 0 Å². The number of likely N-dealkylation sites (N-methyl/N-ethyl adjacent to an activating group) is 1. The van der Waals surface area contributed by atoms with Crippen LogP contribution in [0.4, 0.5) is 0 Å². The topological polar surface area (TPSA) is 65.0 Å². The lowest BCUT2D eigenvalue weighted by Crippen LogP contribution is -2.37. The predicted molar refractivity (Wildman–Crippen MR) is 143 cm³/mol. The van der Waals surface area contributed by atoms with Crippen LogP contribution in [0.25, 0.3) is 0 Å². The first-order valence-corrected chi connectivity index (χ1v) is 16.1. The summed E-state index contributed by atoms with van der Waals surface area (Å²) < 4.78 is 28.9. The molecule has 0 aromatic heterocycles. The molecule has 0 rings (SSSR count). The maximum absolute atomic E-state index is 12.1. The maximum atomic E-state index is 12.1. The molecule has 0 spiro atoms. The number of unbranched alkanes of at least 4 members (excludes halogenated alkanes) is 13. The van der Waals surface area contributed by atoms with Gasteiger partial charge in [-0.2, -0.15) is 11.8 Å². The Morgan fingerprint density at radius 1 is 0.788 bits per heavy atom. The van der Waals surface area contributed by atoms with Gasteiger partial charge in [-0.1, -0.05) is 90.4 Å². The van der Waals surface area contributed by atoms with Crippen LogP contribution in [0.15, 0.2) is 0 Å². The van der Waals surface area contributed by atoms with Crippen molar-refractivity contribution in [1.82, 2.24) is 0 Å². The number of phosphoric ester groups is 1. The molecule has 1 N–H and O–H groups in total. The van der Waals surface area contributed by atoms with Crippen molar-refractivity contribution in [3.05, 3.63) is 0 Å². The highest BCUT2D eigenvalue weighted by molar-refractivity contribution is 7.98. The number of thioether (sulfide) groups is 1. The molecule has 200 valence electrons. The fourth-order valence-corrected chi connectivity index (χ4v) is 4.83. The number of hydrogen-bond donors (Lipinski definition) is 1. The summed E-state index contributed by atoms with van der Waals surface area (Å²) in [7, 11) is 1.99. The van der Waals surface area contributed by atoms with E-state index in [1.54, 1.807) is 11.8 Å². The first-order valence-electron chi connectivity index (χ1n) is 13.2. The van der Waals surface area contributed by atoms with Crippen LogP contribution in [0.5, 0.6) is 0 Å². The summed E-state index contributed by atoms with van der Waals surface area (Å²) in [6, 6.07) is 0. The lowest BCUT2D eigenvalue weighted by atomic mass is 10.0.